The zero-order chi connectivity index (χ0) is 20.8. The van der Waals surface area contributed by atoms with Gasteiger partial charge in [0.05, 0.1) is 12.0 Å². The molecule has 0 aliphatic heterocycles. The molecular weight excluding hydrogens is 402 g/mol. The van der Waals surface area contributed by atoms with Crippen molar-refractivity contribution in [3.8, 4) is 5.69 Å². The maximum Gasteiger partial charge on any atom is 0.250 e. The van der Waals surface area contributed by atoms with Crippen LogP contribution in [-0.4, -0.2) is 22.4 Å². The maximum atomic E-state index is 12.0. The lowest BCUT2D eigenvalue weighted by Gasteiger charge is -2.12. The number of para-hydroxylation sites is 1. The van der Waals surface area contributed by atoms with E-state index in [2.05, 4.69) is 54.1 Å². The molecule has 1 heterocycles. The summed E-state index contributed by atoms with van der Waals surface area (Å²) in [6.45, 7) is 6.23. The minimum Gasteiger partial charge on any atom is -0.318 e. The zero-order valence-electron chi connectivity index (χ0n) is 16.8. The molecule has 0 atom stereocenters. The molecule has 0 spiro atoms. The van der Waals surface area contributed by atoms with Crippen LogP contribution in [0.25, 0.3) is 5.69 Å². The summed E-state index contributed by atoms with van der Waals surface area (Å²) in [5.74, 6) is 0.947. The summed E-state index contributed by atoms with van der Waals surface area (Å²) in [6.07, 6.45) is 1.71. The van der Waals surface area contributed by atoms with Gasteiger partial charge in [0, 0.05) is 33.4 Å². The molecule has 0 fully saturated rings. The lowest BCUT2D eigenvalue weighted by molar-refractivity contribution is -0.118. The average Bonchev–Trinajstić information content (AvgIpc) is 2.96. The Morgan fingerprint density at radius 3 is 2.69 bits per heavy atom. The molecule has 0 saturated heterocycles. The number of thioether (sulfide) groups is 1. The zero-order valence-corrected chi connectivity index (χ0v) is 18.3. The van der Waals surface area contributed by atoms with E-state index < -0.39 is 0 Å². The minimum absolute atomic E-state index is 0.124. The Balaban J connectivity index is 1.57. The van der Waals surface area contributed by atoms with E-state index in [1.54, 1.807) is 6.21 Å². The number of halogens is 1. The molecule has 3 rings (SSSR count). The highest BCUT2D eigenvalue weighted by Crippen LogP contribution is 2.22. The molecule has 0 unspecified atom stereocenters. The van der Waals surface area contributed by atoms with Gasteiger partial charge in [0.15, 0.2) is 0 Å². The van der Waals surface area contributed by atoms with Crippen molar-refractivity contribution in [2.24, 2.45) is 5.10 Å². The molecular formula is C23H24ClN3OS. The average molecular weight is 426 g/mol. The van der Waals surface area contributed by atoms with Crippen LogP contribution >= 0.6 is 23.4 Å². The van der Waals surface area contributed by atoms with Crippen LogP contribution in [0.4, 0.5) is 0 Å². The van der Waals surface area contributed by atoms with Gasteiger partial charge in [0.25, 0.3) is 0 Å². The first-order valence-electron chi connectivity index (χ1n) is 9.34. The monoisotopic (exact) mass is 425 g/mol. The Bertz CT molecular complexity index is 1040. The number of nitrogens with one attached hydrogen (secondary N) is 1. The first kappa shape index (κ1) is 21.2. The number of amides is 1. The van der Waals surface area contributed by atoms with Crippen LogP contribution in [0.15, 0.2) is 59.7 Å². The molecule has 0 radical (unpaired) electrons. The molecule has 0 aliphatic rings. The number of carbonyl (C=O) groups is 1. The number of nitrogens with zero attached hydrogens (tertiary/aromatic N) is 2. The van der Waals surface area contributed by atoms with Crippen molar-refractivity contribution in [2.45, 2.75) is 26.5 Å². The lowest BCUT2D eigenvalue weighted by atomic mass is 10.2. The SMILES string of the molecule is Cc1ccccc1-n1c(C)cc(/C=N\NC(=O)CSCc2cccc(Cl)c2)c1C. The highest BCUT2D eigenvalue weighted by atomic mass is 35.5. The van der Waals surface area contributed by atoms with Crippen molar-refractivity contribution in [1.82, 2.24) is 9.99 Å². The summed E-state index contributed by atoms with van der Waals surface area (Å²) >= 11 is 7.51. The van der Waals surface area contributed by atoms with Crippen LogP contribution in [0.1, 0.15) is 28.1 Å². The summed E-state index contributed by atoms with van der Waals surface area (Å²) in [5, 5.41) is 4.85. The van der Waals surface area contributed by atoms with Crippen LogP contribution in [-0.2, 0) is 10.5 Å². The first-order chi connectivity index (χ1) is 14.0. The third-order valence-corrected chi connectivity index (χ3v) is 5.85. The van der Waals surface area contributed by atoms with Crippen LogP contribution in [0.2, 0.25) is 5.02 Å². The quantitative estimate of drug-likeness (QED) is 0.404. The molecule has 4 nitrogen and oxygen atoms in total. The summed E-state index contributed by atoms with van der Waals surface area (Å²) < 4.78 is 2.21. The second-order valence-corrected chi connectivity index (χ2v) is 8.29. The molecule has 1 aromatic heterocycles. The maximum absolute atomic E-state index is 12.0. The first-order valence-corrected chi connectivity index (χ1v) is 10.9. The summed E-state index contributed by atoms with van der Waals surface area (Å²) in [5.41, 5.74) is 9.28. The third-order valence-electron chi connectivity index (χ3n) is 4.61. The van der Waals surface area contributed by atoms with Crippen molar-refractivity contribution in [3.63, 3.8) is 0 Å². The molecule has 29 heavy (non-hydrogen) atoms. The molecule has 150 valence electrons. The fourth-order valence-corrected chi connectivity index (χ4v) is 4.18. The van der Waals surface area contributed by atoms with Crippen LogP contribution < -0.4 is 5.43 Å². The van der Waals surface area contributed by atoms with Gasteiger partial charge < -0.3 is 4.57 Å². The number of rotatable bonds is 7. The summed E-state index contributed by atoms with van der Waals surface area (Å²) in [4.78, 5) is 12.0. The van der Waals surface area contributed by atoms with E-state index in [4.69, 9.17) is 11.6 Å². The molecule has 1 N–H and O–H groups in total. The summed E-state index contributed by atoms with van der Waals surface area (Å²) in [6, 6.07) is 18.0. The van der Waals surface area contributed by atoms with Gasteiger partial charge >= 0.3 is 0 Å². The van der Waals surface area contributed by atoms with Crippen molar-refractivity contribution in [3.05, 3.63) is 87.7 Å². The highest BCUT2D eigenvalue weighted by Gasteiger charge is 2.11. The van der Waals surface area contributed by atoms with E-state index in [9.17, 15) is 4.79 Å². The highest BCUT2D eigenvalue weighted by molar-refractivity contribution is 7.99. The Morgan fingerprint density at radius 2 is 1.93 bits per heavy atom. The van der Waals surface area contributed by atoms with Crippen LogP contribution in [0.3, 0.4) is 0 Å². The van der Waals surface area contributed by atoms with E-state index in [1.807, 2.05) is 36.4 Å². The molecule has 0 aliphatic carbocycles. The Morgan fingerprint density at radius 1 is 1.14 bits per heavy atom. The van der Waals surface area contributed by atoms with Gasteiger partial charge in [0.2, 0.25) is 5.91 Å². The van der Waals surface area contributed by atoms with E-state index in [-0.39, 0.29) is 5.91 Å². The fourth-order valence-electron chi connectivity index (χ4n) is 3.20. The minimum atomic E-state index is -0.124. The predicted molar refractivity (Wildman–Crippen MR) is 123 cm³/mol. The van der Waals surface area contributed by atoms with Crippen molar-refractivity contribution in [1.29, 1.82) is 0 Å². The van der Waals surface area contributed by atoms with Crippen molar-refractivity contribution >= 4 is 35.5 Å². The Kier molecular flexibility index (Phi) is 7.18. The largest absolute Gasteiger partial charge is 0.318 e. The van der Waals surface area contributed by atoms with E-state index in [0.717, 1.165) is 34.0 Å². The molecule has 3 aromatic rings. The van der Waals surface area contributed by atoms with Crippen molar-refractivity contribution < 1.29 is 4.79 Å². The number of benzene rings is 2. The smallest absolute Gasteiger partial charge is 0.250 e. The third kappa shape index (κ3) is 5.52. The van der Waals surface area contributed by atoms with Crippen LogP contribution in [0, 0.1) is 20.8 Å². The van der Waals surface area contributed by atoms with Gasteiger partial charge in [0.1, 0.15) is 0 Å². The number of hydrazone groups is 1. The van der Waals surface area contributed by atoms with Gasteiger partial charge in [-0.15, -0.1) is 11.8 Å². The topological polar surface area (TPSA) is 46.4 Å². The normalized spacial score (nSPS) is 11.2. The van der Waals surface area contributed by atoms with Crippen LogP contribution in [0.5, 0.6) is 0 Å². The van der Waals surface area contributed by atoms with Crippen molar-refractivity contribution in [2.75, 3.05) is 5.75 Å². The number of aryl methyl sites for hydroxylation is 2. The summed E-state index contributed by atoms with van der Waals surface area (Å²) in [7, 11) is 0. The molecule has 0 saturated carbocycles. The number of hydrogen-bond donors (Lipinski definition) is 1. The molecule has 2 aromatic carbocycles. The van der Waals surface area contributed by atoms with Gasteiger partial charge in [-0.1, -0.05) is 41.9 Å². The lowest BCUT2D eigenvalue weighted by Crippen LogP contribution is -2.19. The number of carbonyl (C=O) groups excluding carboxylic acids is 1. The fraction of sp³-hybridized carbons (Fsp3) is 0.217. The van der Waals surface area contributed by atoms with Gasteiger partial charge in [-0.3, -0.25) is 4.79 Å². The Labute approximate surface area is 181 Å². The van der Waals surface area contributed by atoms with E-state index in [1.165, 1.54) is 17.3 Å². The second kappa shape index (κ2) is 9.81. The number of hydrogen-bond acceptors (Lipinski definition) is 3. The van der Waals surface area contributed by atoms with E-state index in [0.29, 0.717) is 10.8 Å². The Hall–Kier alpha value is -2.50. The van der Waals surface area contributed by atoms with Gasteiger partial charge in [-0.05, 0) is 56.2 Å². The van der Waals surface area contributed by atoms with E-state index >= 15 is 0 Å². The molecule has 6 heteroatoms. The van der Waals surface area contributed by atoms with Gasteiger partial charge in [-0.25, -0.2) is 5.43 Å². The standard InChI is InChI=1S/C23H24ClN3OS/c1-16-7-4-5-10-22(16)27-17(2)11-20(18(27)3)13-25-26-23(28)15-29-14-19-8-6-9-21(24)12-19/h4-13H,14-15H2,1-3H3,(H,26,28)/b25-13-. The molecule has 1 amide bonds. The van der Waals surface area contributed by atoms with Gasteiger partial charge in [-0.2, -0.15) is 5.10 Å². The number of aromatic nitrogens is 1. The second-order valence-electron chi connectivity index (χ2n) is 6.86. The predicted octanol–water partition coefficient (Wildman–Crippen LogP) is 5.44. The molecule has 0 bridgehead atoms.